The van der Waals surface area contributed by atoms with Gasteiger partial charge in [-0.3, -0.25) is 4.79 Å². The molecule has 0 aromatic rings. The number of likely N-dealkylation sites (tertiary alicyclic amines) is 1. The van der Waals surface area contributed by atoms with Crippen molar-refractivity contribution in [3.8, 4) is 0 Å². The lowest BCUT2D eigenvalue weighted by atomic mass is 10.1. The number of nitrogens with zero attached hydrogens (tertiary/aromatic N) is 1. The molecule has 1 aliphatic heterocycles. The molecule has 1 saturated heterocycles. The van der Waals surface area contributed by atoms with Crippen LogP contribution in [-0.2, 0) is 4.79 Å². The van der Waals surface area contributed by atoms with Crippen LogP contribution in [0, 0.1) is 0 Å². The molecule has 1 heterocycles. The molecule has 1 fully saturated rings. The van der Waals surface area contributed by atoms with Crippen molar-refractivity contribution in [2.75, 3.05) is 13.1 Å². The number of rotatable bonds is 3. The topological polar surface area (TPSA) is 66.6 Å². The van der Waals surface area contributed by atoms with Gasteiger partial charge in [0.15, 0.2) is 0 Å². The average Bonchev–Trinajstić information content (AvgIpc) is 2.52. The summed E-state index contributed by atoms with van der Waals surface area (Å²) in [5.41, 5.74) is 5.31. The summed E-state index contributed by atoms with van der Waals surface area (Å²) in [5, 5.41) is 9.41. The minimum Gasteiger partial charge on any atom is -0.391 e. The number of hydrogen-bond acceptors (Lipinski definition) is 3. The van der Waals surface area contributed by atoms with Crippen molar-refractivity contribution < 1.29 is 9.90 Å². The first kappa shape index (κ1) is 10.5. The Balaban J connectivity index is 2.52. The van der Waals surface area contributed by atoms with Gasteiger partial charge in [0.05, 0.1) is 12.1 Å². The van der Waals surface area contributed by atoms with E-state index in [1.54, 1.807) is 11.8 Å². The molecule has 2 unspecified atom stereocenters. The van der Waals surface area contributed by atoms with Crippen LogP contribution in [0.3, 0.4) is 0 Å². The first-order chi connectivity index (χ1) is 6.16. The van der Waals surface area contributed by atoms with Crippen molar-refractivity contribution in [3.63, 3.8) is 0 Å². The van der Waals surface area contributed by atoms with E-state index in [2.05, 4.69) is 0 Å². The van der Waals surface area contributed by atoms with Crippen LogP contribution >= 0.6 is 0 Å². The van der Waals surface area contributed by atoms with E-state index in [1.165, 1.54) is 0 Å². The van der Waals surface area contributed by atoms with Crippen LogP contribution in [-0.4, -0.2) is 41.1 Å². The largest absolute Gasteiger partial charge is 0.391 e. The fourth-order valence-corrected chi connectivity index (χ4v) is 1.87. The van der Waals surface area contributed by atoms with Crippen molar-refractivity contribution in [2.45, 2.75) is 38.3 Å². The Kier molecular flexibility index (Phi) is 3.69. The number of aliphatic hydroxyl groups excluding tert-OH is 1. The van der Waals surface area contributed by atoms with E-state index >= 15 is 0 Å². The molecule has 13 heavy (non-hydrogen) atoms. The van der Waals surface area contributed by atoms with Gasteiger partial charge in [-0.25, -0.2) is 0 Å². The Morgan fingerprint density at radius 2 is 2.46 bits per heavy atom. The monoisotopic (exact) mass is 186 g/mol. The van der Waals surface area contributed by atoms with Crippen LogP contribution in [0.15, 0.2) is 0 Å². The van der Waals surface area contributed by atoms with Crippen molar-refractivity contribution in [3.05, 3.63) is 0 Å². The van der Waals surface area contributed by atoms with E-state index in [4.69, 9.17) is 5.73 Å². The summed E-state index contributed by atoms with van der Waals surface area (Å²) in [6.45, 7) is 2.90. The first-order valence-electron chi connectivity index (χ1n) is 4.84. The lowest BCUT2D eigenvalue weighted by Gasteiger charge is -2.26. The third-order valence-electron chi connectivity index (χ3n) is 2.53. The second kappa shape index (κ2) is 4.58. The summed E-state index contributed by atoms with van der Waals surface area (Å²) in [6.07, 6.45) is 1.87. The van der Waals surface area contributed by atoms with E-state index in [-0.39, 0.29) is 11.9 Å². The second-order valence-corrected chi connectivity index (χ2v) is 3.58. The molecular formula is C9H18N2O2. The summed E-state index contributed by atoms with van der Waals surface area (Å²) in [6, 6.07) is 0.0130. The zero-order valence-electron chi connectivity index (χ0n) is 8.07. The molecule has 0 radical (unpaired) electrons. The summed E-state index contributed by atoms with van der Waals surface area (Å²) >= 11 is 0. The summed E-state index contributed by atoms with van der Waals surface area (Å²) in [7, 11) is 0. The minimum atomic E-state index is -0.427. The third kappa shape index (κ3) is 2.42. The summed E-state index contributed by atoms with van der Waals surface area (Å²) < 4.78 is 0. The van der Waals surface area contributed by atoms with Crippen molar-refractivity contribution in [1.82, 2.24) is 4.90 Å². The van der Waals surface area contributed by atoms with Crippen LogP contribution in [0.2, 0.25) is 0 Å². The number of carbonyl (C=O) groups excluding carboxylic acids is 1. The predicted molar refractivity (Wildman–Crippen MR) is 50.1 cm³/mol. The fourth-order valence-electron chi connectivity index (χ4n) is 1.87. The molecule has 76 valence electrons. The van der Waals surface area contributed by atoms with Gasteiger partial charge in [0.1, 0.15) is 0 Å². The Bertz CT molecular complexity index is 182. The zero-order valence-corrected chi connectivity index (χ0v) is 8.07. The van der Waals surface area contributed by atoms with Gasteiger partial charge < -0.3 is 15.7 Å². The molecule has 4 nitrogen and oxygen atoms in total. The molecule has 2 atom stereocenters. The van der Waals surface area contributed by atoms with Gasteiger partial charge in [-0.1, -0.05) is 0 Å². The van der Waals surface area contributed by atoms with Gasteiger partial charge >= 0.3 is 0 Å². The highest BCUT2D eigenvalue weighted by Gasteiger charge is 2.30. The standard InChI is InChI=1S/C9H18N2O2/c1-7(12)8-3-2-6-11(8)9(13)4-5-10/h7-8,12H,2-6,10H2,1H3. The van der Waals surface area contributed by atoms with Gasteiger partial charge in [0, 0.05) is 19.5 Å². The van der Waals surface area contributed by atoms with E-state index in [0.717, 1.165) is 19.4 Å². The van der Waals surface area contributed by atoms with Gasteiger partial charge in [0.25, 0.3) is 0 Å². The SMILES string of the molecule is CC(O)C1CCCN1C(=O)CCN. The molecule has 1 rings (SSSR count). The lowest BCUT2D eigenvalue weighted by Crippen LogP contribution is -2.42. The number of hydrogen-bond donors (Lipinski definition) is 2. The minimum absolute atomic E-state index is 0.0130. The van der Waals surface area contributed by atoms with Crippen LogP contribution in [0.25, 0.3) is 0 Å². The zero-order chi connectivity index (χ0) is 9.84. The normalized spacial score (nSPS) is 24.8. The van der Waals surface area contributed by atoms with Gasteiger partial charge in [-0.05, 0) is 19.8 Å². The molecule has 1 aliphatic rings. The number of nitrogens with two attached hydrogens (primary N) is 1. The van der Waals surface area contributed by atoms with E-state index in [9.17, 15) is 9.90 Å². The Morgan fingerprint density at radius 1 is 1.77 bits per heavy atom. The van der Waals surface area contributed by atoms with Crippen LogP contribution in [0.1, 0.15) is 26.2 Å². The molecule has 0 aromatic heterocycles. The quantitative estimate of drug-likeness (QED) is 0.636. The van der Waals surface area contributed by atoms with Gasteiger partial charge in [-0.15, -0.1) is 0 Å². The van der Waals surface area contributed by atoms with Crippen molar-refractivity contribution in [1.29, 1.82) is 0 Å². The number of aliphatic hydroxyl groups is 1. The maximum Gasteiger partial charge on any atom is 0.224 e. The molecular weight excluding hydrogens is 168 g/mol. The first-order valence-corrected chi connectivity index (χ1v) is 4.84. The number of amides is 1. The van der Waals surface area contributed by atoms with Crippen molar-refractivity contribution >= 4 is 5.91 Å². The molecule has 0 spiro atoms. The highest BCUT2D eigenvalue weighted by Crippen LogP contribution is 2.20. The number of carbonyl (C=O) groups is 1. The average molecular weight is 186 g/mol. The van der Waals surface area contributed by atoms with Crippen LogP contribution in [0.4, 0.5) is 0 Å². The summed E-state index contributed by atoms with van der Waals surface area (Å²) in [4.78, 5) is 13.3. The predicted octanol–water partition coefficient (Wildman–Crippen LogP) is -0.293. The van der Waals surface area contributed by atoms with Gasteiger partial charge in [0.2, 0.25) is 5.91 Å². The van der Waals surface area contributed by atoms with Crippen LogP contribution < -0.4 is 5.73 Å². The maximum absolute atomic E-state index is 11.5. The van der Waals surface area contributed by atoms with E-state index in [1.807, 2.05) is 0 Å². The summed E-state index contributed by atoms with van der Waals surface area (Å²) in [5.74, 6) is 0.0749. The van der Waals surface area contributed by atoms with Gasteiger partial charge in [-0.2, -0.15) is 0 Å². The fraction of sp³-hybridized carbons (Fsp3) is 0.889. The smallest absolute Gasteiger partial charge is 0.224 e. The Hall–Kier alpha value is -0.610. The molecule has 0 aromatic carbocycles. The maximum atomic E-state index is 11.5. The Morgan fingerprint density at radius 3 is 3.00 bits per heavy atom. The molecule has 3 N–H and O–H groups in total. The molecule has 0 bridgehead atoms. The van der Waals surface area contributed by atoms with E-state index in [0.29, 0.717) is 13.0 Å². The third-order valence-corrected chi connectivity index (χ3v) is 2.53. The lowest BCUT2D eigenvalue weighted by molar-refractivity contribution is -0.133. The molecule has 0 saturated carbocycles. The second-order valence-electron chi connectivity index (χ2n) is 3.58. The molecule has 4 heteroatoms. The highest BCUT2D eigenvalue weighted by atomic mass is 16.3. The van der Waals surface area contributed by atoms with Crippen molar-refractivity contribution in [2.24, 2.45) is 5.73 Å². The van der Waals surface area contributed by atoms with E-state index < -0.39 is 6.10 Å². The molecule has 1 amide bonds. The Labute approximate surface area is 78.7 Å². The molecule has 0 aliphatic carbocycles. The highest BCUT2D eigenvalue weighted by molar-refractivity contribution is 5.77. The van der Waals surface area contributed by atoms with Crippen LogP contribution in [0.5, 0.6) is 0 Å².